The lowest BCUT2D eigenvalue weighted by atomic mass is 9.94. The van der Waals surface area contributed by atoms with Gasteiger partial charge in [0.1, 0.15) is 10.7 Å². The van der Waals surface area contributed by atoms with E-state index in [-0.39, 0.29) is 31.1 Å². The van der Waals surface area contributed by atoms with Gasteiger partial charge in [0.2, 0.25) is 10.0 Å². The fourth-order valence-electron chi connectivity index (χ4n) is 4.51. The third kappa shape index (κ3) is 6.37. The number of pyridine rings is 1. The summed E-state index contributed by atoms with van der Waals surface area (Å²) in [5.74, 6) is -0.392. The summed E-state index contributed by atoms with van der Waals surface area (Å²) < 4.78 is 80.5. The molecule has 0 saturated carbocycles. The molecule has 1 saturated heterocycles. The van der Waals surface area contributed by atoms with Crippen molar-refractivity contribution in [3.8, 4) is 0 Å². The van der Waals surface area contributed by atoms with Crippen LogP contribution < -0.4 is 5.32 Å². The Kier molecular flexibility index (Phi) is 8.14. The summed E-state index contributed by atoms with van der Waals surface area (Å²) >= 11 is 0. The van der Waals surface area contributed by atoms with Gasteiger partial charge in [0, 0.05) is 67.8 Å². The molecule has 202 valence electrons. The predicted molar refractivity (Wildman–Crippen MR) is 137 cm³/mol. The summed E-state index contributed by atoms with van der Waals surface area (Å²) in [5.41, 5.74) is 2.95. The van der Waals surface area contributed by atoms with Gasteiger partial charge < -0.3 is 10.7 Å². The van der Waals surface area contributed by atoms with E-state index in [0.29, 0.717) is 28.1 Å². The number of rotatable bonds is 8. The van der Waals surface area contributed by atoms with E-state index in [4.69, 9.17) is 5.41 Å². The van der Waals surface area contributed by atoms with Gasteiger partial charge in [-0.3, -0.25) is 9.88 Å². The molecule has 1 aliphatic rings. The molecule has 0 amide bonds. The highest BCUT2D eigenvalue weighted by molar-refractivity contribution is 7.89. The smallest absolute Gasteiger partial charge is 0.355 e. The number of nitrogens with zero attached hydrogens (tertiary/aromatic N) is 3. The average molecular weight is 550 g/mol. The van der Waals surface area contributed by atoms with Gasteiger partial charge in [0.15, 0.2) is 0 Å². The maximum atomic E-state index is 13.3. The first-order valence-electron chi connectivity index (χ1n) is 11.9. The topological polar surface area (TPSA) is 89.4 Å². The SMILES string of the molecule is Cc1cc(Nc2ccc(F)cc2)c(C=N)cc1[C@H]1CN(S(=O)(=O)c2cccnc2)CCN1CCC(F)(F)F. The second-order valence-corrected chi connectivity index (χ2v) is 11.0. The number of alkyl halides is 3. The van der Waals surface area contributed by atoms with Crippen molar-refractivity contribution in [2.24, 2.45) is 0 Å². The Labute approximate surface area is 218 Å². The molecular weight excluding hydrogens is 522 g/mol. The summed E-state index contributed by atoms with van der Waals surface area (Å²) in [5, 5.41) is 11.1. The van der Waals surface area contributed by atoms with Crippen molar-refractivity contribution in [1.82, 2.24) is 14.2 Å². The number of hydrogen-bond donors (Lipinski definition) is 2. The molecule has 1 aromatic heterocycles. The van der Waals surface area contributed by atoms with Gasteiger partial charge in [-0.1, -0.05) is 0 Å². The van der Waals surface area contributed by atoms with E-state index in [0.717, 1.165) is 6.21 Å². The van der Waals surface area contributed by atoms with Crippen molar-refractivity contribution in [2.45, 2.75) is 30.5 Å². The largest absolute Gasteiger partial charge is 0.390 e. The van der Waals surface area contributed by atoms with Crippen molar-refractivity contribution in [3.63, 3.8) is 0 Å². The molecule has 1 aliphatic heterocycles. The molecule has 1 fully saturated rings. The number of anilines is 2. The Balaban J connectivity index is 1.69. The lowest BCUT2D eigenvalue weighted by Gasteiger charge is -2.41. The first kappa shape index (κ1) is 27.7. The standard InChI is InChI=1S/C26H27F4N5O2S/c1-18-13-24(33-21-6-4-20(27)5-7-21)19(15-31)14-23(18)25-17-35(12-11-34(25)10-8-26(28,29)30)38(36,37)22-3-2-9-32-16-22/h2-7,9,13-16,25,31,33H,8,10-12,17H2,1H3/t25-/m1/s1. The molecule has 4 rings (SSSR count). The highest BCUT2D eigenvalue weighted by Gasteiger charge is 2.38. The molecule has 12 heteroatoms. The zero-order valence-electron chi connectivity index (χ0n) is 20.5. The molecule has 7 nitrogen and oxygen atoms in total. The zero-order chi connectivity index (χ0) is 27.5. The minimum Gasteiger partial charge on any atom is -0.355 e. The lowest BCUT2D eigenvalue weighted by Crippen LogP contribution is -2.51. The Hall–Kier alpha value is -3.35. The summed E-state index contributed by atoms with van der Waals surface area (Å²) in [6.07, 6.45) is -1.57. The van der Waals surface area contributed by atoms with Gasteiger partial charge in [0.05, 0.1) is 6.42 Å². The van der Waals surface area contributed by atoms with Crippen LogP contribution in [0, 0.1) is 18.2 Å². The van der Waals surface area contributed by atoms with E-state index in [2.05, 4.69) is 10.3 Å². The molecule has 0 radical (unpaired) electrons. The molecule has 0 unspecified atom stereocenters. The van der Waals surface area contributed by atoms with Crippen LogP contribution in [-0.4, -0.2) is 61.2 Å². The molecule has 2 N–H and O–H groups in total. The molecular formula is C26H27F4N5O2S. The maximum absolute atomic E-state index is 13.3. The quantitative estimate of drug-likeness (QED) is 0.295. The maximum Gasteiger partial charge on any atom is 0.390 e. The highest BCUT2D eigenvalue weighted by Crippen LogP contribution is 2.35. The Morgan fingerprint density at radius 3 is 2.53 bits per heavy atom. The van der Waals surface area contributed by atoms with E-state index in [9.17, 15) is 26.0 Å². The average Bonchev–Trinajstić information content (AvgIpc) is 2.89. The van der Waals surface area contributed by atoms with Gasteiger partial charge >= 0.3 is 6.18 Å². The van der Waals surface area contributed by atoms with E-state index in [1.807, 2.05) is 0 Å². The van der Waals surface area contributed by atoms with Crippen LogP contribution in [0.15, 0.2) is 65.8 Å². The summed E-state index contributed by atoms with van der Waals surface area (Å²) in [6.45, 7) is 1.58. The van der Waals surface area contributed by atoms with Crippen molar-refractivity contribution < 1.29 is 26.0 Å². The molecule has 2 aromatic carbocycles. The normalized spacial score (nSPS) is 17.3. The van der Waals surface area contributed by atoms with Gasteiger partial charge in [-0.25, -0.2) is 12.8 Å². The van der Waals surface area contributed by atoms with Crippen LogP contribution in [0.25, 0.3) is 0 Å². The third-order valence-corrected chi connectivity index (χ3v) is 8.33. The highest BCUT2D eigenvalue weighted by atomic mass is 32.2. The lowest BCUT2D eigenvalue weighted by molar-refractivity contribution is -0.140. The van der Waals surface area contributed by atoms with Crippen LogP contribution >= 0.6 is 0 Å². The van der Waals surface area contributed by atoms with Gasteiger partial charge in [-0.05, 0) is 66.6 Å². The molecule has 1 atom stereocenters. The minimum atomic E-state index is -4.36. The zero-order valence-corrected chi connectivity index (χ0v) is 21.4. The van der Waals surface area contributed by atoms with Crippen LogP contribution in [0.4, 0.5) is 28.9 Å². The number of nitrogens with one attached hydrogen (secondary N) is 2. The number of aryl methyl sites for hydroxylation is 1. The van der Waals surface area contributed by atoms with Crippen LogP contribution in [0.1, 0.15) is 29.2 Å². The number of sulfonamides is 1. The summed E-state index contributed by atoms with van der Waals surface area (Å²) in [4.78, 5) is 5.54. The van der Waals surface area contributed by atoms with E-state index >= 15 is 0 Å². The number of aromatic nitrogens is 1. The monoisotopic (exact) mass is 549 g/mol. The van der Waals surface area contributed by atoms with E-state index < -0.39 is 34.5 Å². The van der Waals surface area contributed by atoms with E-state index in [1.54, 1.807) is 36.1 Å². The Morgan fingerprint density at radius 2 is 1.89 bits per heavy atom. The number of hydrogen-bond acceptors (Lipinski definition) is 6. The van der Waals surface area contributed by atoms with Gasteiger partial charge in [-0.15, -0.1) is 0 Å². The first-order valence-corrected chi connectivity index (χ1v) is 13.3. The fraction of sp³-hybridized carbons (Fsp3) is 0.308. The number of benzene rings is 2. The molecule has 0 bridgehead atoms. The van der Waals surface area contributed by atoms with Crippen LogP contribution in [0.2, 0.25) is 0 Å². The van der Waals surface area contributed by atoms with Crippen LogP contribution in [0.3, 0.4) is 0 Å². The second-order valence-electron chi connectivity index (χ2n) is 9.04. The van der Waals surface area contributed by atoms with Crippen molar-refractivity contribution in [1.29, 1.82) is 5.41 Å². The summed E-state index contributed by atoms with van der Waals surface area (Å²) in [7, 11) is -3.92. The number of halogens is 4. The van der Waals surface area contributed by atoms with Gasteiger partial charge in [0.25, 0.3) is 0 Å². The van der Waals surface area contributed by atoms with Crippen molar-refractivity contribution in [2.75, 3.05) is 31.5 Å². The number of piperazine rings is 1. The second kappa shape index (κ2) is 11.2. The molecule has 38 heavy (non-hydrogen) atoms. The summed E-state index contributed by atoms with van der Waals surface area (Å²) in [6, 6.07) is 11.4. The van der Waals surface area contributed by atoms with Crippen LogP contribution in [-0.2, 0) is 10.0 Å². The minimum absolute atomic E-state index is 0.0123. The van der Waals surface area contributed by atoms with Crippen molar-refractivity contribution >= 4 is 27.6 Å². The van der Waals surface area contributed by atoms with Crippen molar-refractivity contribution in [3.05, 3.63) is 83.4 Å². The first-order chi connectivity index (χ1) is 18.0. The predicted octanol–water partition coefficient (Wildman–Crippen LogP) is 5.27. The van der Waals surface area contributed by atoms with E-state index in [1.165, 1.54) is 41.0 Å². The van der Waals surface area contributed by atoms with Gasteiger partial charge in [-0.2, -0.15) is 17.5 Å². The molecule has 3 aromatic rings. The third-order valence-electron chi connectivity index (χ3n) is 6.48. The Bertz CT molecular complexity index is 1380. The molecule has 0 spiro atoms. The van der Waals surface area contributed by atoms with Crippen LogP contribution in [0.5, 0.6) is 0 Å². The molecule has 0 aliphatic carbocycles. The fourth-order valence-corrected chi connectivity index (χ4v) is 5.92. The Morgan fingerprint density at radius 1 is 1.16 bits per heavy atom. The molecule has 2 heterocycles.